The SMILES string of the molecule is CCCNC(=O)NC(C)(C)C(=O)NC1CCc2nnc(Cc3ccccc3)n2C1. The van der Waals surface area contributed by atoms with Gasteiger partial charge < -0.3 is 20.5 Å². The molecule has 0 radical (unpaired) electrons. The molecule has 0 saturated heterocycles. The van der Waals surface area contributed by atoms with E-state index >= 15 is 0 Å². The number of amides is 3. The highest BCUT2D eigenvalue weighted by Gasteiger charge is 2.32. The Labute approximate surface area is 171 Å². The second kappa shape index (κ2) is 9.07. The van der Waals surface area contributed by atoms with Crippen LogP contribution in [0.25, 0.3) is 0 Å². The number of carbonyl (C=O) groups excluding carboxylic acids is 2. The highest BCUT2D eigenvalue weighted by Crippen LogP contribution is 2.18. The molecule has 2 heterocycles. The van der Waals surface area contributed by atoms with Crippen LogP contribution in [0.1, 0.15) is 50.8 Å². The molecule has 0 saturated carbocycles. The van der Waals surface area contributed by atoms with Gasteiger partial charge in [0, 0.05) is 32.0 Å². The van der Waals surface area contributed by atoms with Crippen molar-refractivity contribution >= 4 is 11.9 Å². The molecule has 1 aromatic heterocycles. The highest BCUT2D eigenvalue weighted by atomic mass is 16.2. The van der Waals surface area contributed by atoms with Gasteiger partial charge in [-0.05, 0) is 32.3 Å². The van der Waals surface area contributed by atoms with Crippen molar-refractivity contribution in [1.82, 2.24) is 30.7 Å². The Kier molecular flexibility index (Phi) is 6.51. The van der Waals surface area contributed by atoms with Crippen molar-refractivity contribution in [3.8, 4) is 0 Å². The minimum atomic E-state index is -1.00. The van der Waals surface area contributed by atoms with Gasteiger partial charge in [0.1, 0.15) is 17.2 Å². The topological polar surface area (TPSA) is 101 Å². The van der Waals surface area contributed by atoms with Crippen LogP contribution in [-0.4, -0.2) is 44.8 Å². The molecule has 156 valence electrons. The lowest BCUT2D eigenvalue weighted by atomic mass is 10.0. The molecule has 1 aromatic carbocycles. The Morgan fingerprint density at radius 1 is 1.21 bits per heavy atom. The van der Waals surface area contributed by atoms with Gasteiger partial charge in [-0.2, -0.15) is 0 Å². The second-order valence-corrected chi connectivity index (χ2v) is 8.02. The molecule has 1 aliphatic heterocycles. The number of aromatic nitrogens is 3. The van der Waals surface area contributed by atoms with Gasteiger partial charge in [-0.25, -0.2) is 4.79 Å². The van der Waals surface area contributed by atoms with E-state index in [1.165, 1.54) is 5.56 Å². The molecule has 8 heteroatoms. The Balaban J connectivity index is 1.61. The van der Waals surface area contributed by atoms with Crippen LogP contribution in [-0.2, 0) is 24.2 Å². The van der Waals surface area contributed by atoms with E-state index in [0.717, 1.165) is 30.9 Å². The fraction of sp³-hybridized carbons (Fsp3) is 0.524. The lowest BCUT2D eigenvalue weighted by molar-refractivity contribution is -0.127. The minimum absolute atomic E-state index is 0.0275. The van der Waals surface area contributed by atoms with Gasteiger partial charge in [-0.1, -0.05) is 37.3 Å². The van der Waals surface area contributed by atoms with Crippen molar-refractivity contribution in [3.63, 3.8) is 0 Å². The van der Waals surface area contributed by atoms with Gasteiger partial charge in [0.05, 0.1) is 0 Å². The van der Waals surface area contributed by atoms with Crippen LogP contribution in [0.2, 0.25) is 0 Å². The first-order valence-electron chi connectivity index (χ1n) is 10.2. The third kappa shape index (κ3) is 5.34. The molecule has 1 atom stereocenters. The molecular formula is C21H30N6O2. The summed E-state index contributed by atoms with van der Waals surface area (Å²) in [6.45, 7) is 6.61. The summed E-state index contributed by atoms with van der Waals surface area (Å²) in [5, 5.41) is 17.2. The van der Waals surface area contributed by atoms with Crippen LogP contribution < -0.4 is 16.0 Å². The first-order chi connectivity index (χ1) is 13.9. The summed E-state index contributed by atoms with van der Waals surface area (Å²) in [6.07, 6.45) is 3.11. The zero-order chi connectivity index (χ0) is 20.9. The predicted octanol–water partition coefficient (Wildman–Crippen LogP) is 1.79. The van der Waals surface area contributed by atoms with Crippen molar-refractivity contribution in [2.24, 2.45) is 0 Å². The van der Waals surface area contributed by atoms with E-state index < -0.39 is 5.54 Å². The molecule has 0 spiro atoms. The molecular weight excluding hydrogens is 368 g/mol. The van der Waals surface area contributed by atoms with Crippen molar-refractivity contribution in [3.05, 3.63) is 47.5 Å². The Bertz CT molecular complexity index is 846. The molecule has 0 bridgehead atoms. The number of nitrogens with zero attached hydrogens (tertiary/aromatic N) is 3. The van der Waals surface area contributed by atoms with Crippen LogP contribution in [0.3, 0.4) is 0 Å². The van der Waals surface area contributed by atoms with Gasteiger partial charge in [0.2, 0.25) is 5.91 Å². The van der Waals surface area contributed by atoms with Gasteiger partial charge >= 0.3 is 6.03 Å². The van der Waals surface area contributed by atoms with Gasteiger partial charge in [0.25, 0.3) is 0 Å². The number of rotatable bonds is 7. The van der Waals surface area contributed by atoms with Crippen LogP contribution in [0.15, 0.2) is 30.3 Å². The van der Waals surface area contributed by atoms with Crippen LogP contribution in [0.5, 0.6) is 0 Å². The summed E-state index contributed by atoms with van der Waals surface area (Å²) in [7, 11) is 0. The Morgan fingerprint density at radius 3 is 2.69 bits per heavy atom. The maximum Gasteiger partial charge on any atom is 0.315 e. The molecule has 1 aliphatic rings. The largest absolute Gasteiger partial charge is 0.350 e. The number of carbonyl (C=O) groups is 2. The predicted molar refractivity (Wildman–Crippen MR) is 110 cm³/mol. The van der Waals surface area contributed by atoms with E-state index in [2.05, 4.69) is 42.8 Å². The fourth-order valence-corrected chi connectivity index (χ4v) is 3.40. The molecule has 8 nitrogen and oxygen atoms in total. The zero-order valence-electron chi connectivity index (χ0n) is 17.4. The summed E-state index contributed by atoms with van der Waals surface area (Å²) in [6, 6.07) is 9.80. The number of hydrogen-bond acceptors (Lipinski definition) is 4. The smallest absolute Gasteiger partial charge is 0.315 e. The molecule has 3 N–H and O–H groups in total. The summed E-state index contributed by atoms with van der Waals surface area (Å²) in [5.41, 5.74) is 0.176. The number of urea groups is 1. The second-order valence-electron chi connectivity index (χ2n) is 8.02. The number of aryl methyl sites for hydroxylation is 1. The number of fused-ring (bicyclic) bond motifs is 1. The monoisotopic (exact) mass is 398 g/mol. The average molecular weight is 399 g/mol. The zero-order valence-corrected chi connectivity index (χ0v) is 17.4. The van der Waals surface area contributed by atoms with Crippen molar-refractivity contribution in [2.75, 3.05) is 6.54 Å². The Hall–Kier alpha value is -2.90. The van der Waals surface area contributed by atoms with Crippen LogP contribution in [0, 0.1) is 0 Å². The van der Waals surface area contributed by atoms with E-state index in [9.17, 15) is 9.59 Å². The van der Waals surface area contributed by atoms with E-state index in [-0.39, 0.29) is 18.0 Å². The van der Waals surface area contributed by atoms with Gasteiger partial charge in [-0.3, -0.25) is 4.79 Å². The quantitative estimate of drug-likeness (QED) is 0.662. The molecule has 0 fully saturated rings. The average Bonchev–Trinajstić information content (AvgIpc) is 3.09. The summed E-state index contributed by atoms with van der Waals surface area (Å²) in [4.78, 5) is 24.7. The van der Waals surface area contributed by atoms with Crippen LogP contribution in [0.4, 0.5) is 4.79 Å². The van der Waals surface area contributed by atoms with E-state index in [4.69, 9.17) is 0 Å². The molecule has 2 aromatic rings. The lowest BCUT2D eigenvalue weighted by Gasteiger charge is -2.30. The molecule has 3 amide bonds. The summed E-state index contributed by atoms with van der Waals surface area (Å²) in [5.74, 6) is 1.66. The van der Waals surface area contributed by atoms with Gasteiger partial charge in [-0.15, -0.1) is 10.2 Å². The Morgan fingerprint density at radius 2 is 1.97 bits per heavy atom. The number of benzene rings is 1. The summed E-state index contributed by atoms with van der Waals surface area (Å²) >= 11 is 0. The maximum absolute atomic E-state index is 12.8. The lowest BCUT2D eigenvalue weighted by Crippen LogP contribution is -2.59. The van der Waals surface area contributed by atoms with Crippen molar-refractivity contribution < 1.29 is 9.59 Å². The van der Waals surface area contributed by atoms with E-state index in [1.807, 2.05) is 25.1 Å². The molecule has 1 unspecified atom stereocenters. The van der Waals surface area contributed by atoms with Crippen molar-refractivity contribution in [1.29, 1.82) is 0 Å². The third-order valence-corrected chi connectivity index (χ3v) is 5.09. The fourth-order valence-electron chi connectivity index (χ4n) is 3.40. The first kappa shape index (κ1) is 20.8. The number of hydrogen-bond donors (Lipinski definition) is 3. The molecule has 0 aliphatic carbocycles. The van der Waals surface area contributed by atoms with E-state index in [0.29, 0.717) is 19.5 Å². The number of nitrogens with one attached hydrogen (secondary N) is 3. The first-order valence-corrected chi connectivity index (χ1v) is 10.2. The highest BCUT2D eigenvalue weighted by molar-refractivity contribution is 5.90. The normalized spacial score (nSPS) is 16.0. The summed E-state index contributed by atoms with van der Waals surface area (Å²) < 4.78 is 2.11. The minimum Gasteiger partial charge on any atom is -0.350 e. The van der Waals surface area contributed by atoms with Crippen molar-refractivity contribution in [2.45, 2.75) is 64.6 Å². The molecule has 3 rings (SSSR count). The third-order valence-electron chi connectivity index (χ3n) is 5.09. The van der Waals surface area contributed by atoms with Crippen LogP contribution >= 0.6 is 0 Å². The van der Waals surface area contributed by atoms with E-state index in [1.54, 1.807) is 13.8 Å². The standard InChI is InChI=1S/C21H30N6O2/c1-4-12-22-20(29)24-21(2,3)19(28)23-16-10-11-17-25-26-18(27(17)14-16)13-15-8-6-5-7-9-15/h5-9,16H,4,10-14H2,1-3H3,(H,23,28)(H2,22,24,29). The molecule has 29 heavy (non-hydrogen) atoms. The maximum atomic E-state index is 12.8. The van der Waals surface area contributed by atoms with Gasteiger partial charge in [0.15, 0.2) is 0 Å².